The molecule has 0 atom stereocenters. The number of aromatic carboxylic acids is 1. The highest BCUT2D eigenvalue weighted by atomic mass is 79.9. The van der Waals surface area contributed by atoms with Crippen molar-refractivity contribution in [3.05, 3.63) is 46.1 Å². The molecule has 0 bridgehead atoms. The molecule has 0 amide bonds. The first-order valence-electron chi connectivity index (χ1n) is 5.16. The molecule has 0 aliphatic heterocycles. The summed E-state index contributed by atoms with van der Waals surface area (Å²) in [5, 5.41) is 9.01. The summed E-state index contributed by atoms with van der Waals surface area (Å²) in [6, 6.07) is 9.41. The molecule has 0 fully saturated rings. The summed E-state index contributed by atoms with van der Waals surface area (Å²) in [7, 11) is 1.76. The van der Waals surface area contributed by atoms with Crippen LogP contribution in [-0.4, -0.2) is 15.6 Å². The van der Waals surface area contributed by atoms with Gasteiger partial charge in [-0.25, -0.2) is 4.79 Å². The molecule has 2 aromatic rings. The van der Waals surface area contributed by atoms with Crippen LogP contribution in [0, 0.1) is 6.92 Å². The SMILES string of the molecule is Cc1cc(Br)ccc1-c1ccc(C(=O)O)n1C. The quantitative estimate of drug-likeness (QED) is 0.921. The smallest absolute Gasteiger partial charge is 0.352 e. The van der Waals surface area contributed by atoms with E-state index in [2.05, 4.69) is 15.9 Å². The Hall–Kier alpha value is -1.55. The van der Waals surface area contributed by atoms with E-state index in [9.17, 15) is 4.79 Å². The Labute approximate surface area is 108 Å². The molecule has 0 aliphatic rings. The lowest BCUT2D eigenvalue weighted by Crippen LogP contribution is -2.05. The van der Waals surface area contributed by atoms with Crippen molar-refractivity contribution < 1.29 is 9.90 Å². The maximum absolute atomic E-state index is 11.0. The number of hydrogen-bond donors (Lipinski definition) is 1. The first-order chi connectivity index (χ1) is 8.00. The molecule has 17 heavy (non-hydrogen) atoms. The van der Waals surface area contributed by atoms with Crippen molar-refractivity contribution in [2.75, 3.05) is 0 Å². The standard InChI is InChI=1S/C13H12BrNO2/c1-8-7-9(14)3-4-10(8)11-5-6-12(13(16)17)15(11)2/h3-7H,1-2H3,(H,16,17). The van der Waals surface area contributed by atoms with Gasteiger partial charge in [0, 0.05) is 22.8 Å². The summed E-state index contributed by atoms with van der Waals surface area (Å²) in [5.74, 6) is -0.909. The van der Waals surface area contributed by atoms with Crippen molar-refractivity contribution in [1.82, 2.24) is 4.57 Å². The van der Waals surface area contributed by atoms with Crippen LogP contribution in [0.25, 0.3) is 11.3 Å². The van der Waals surface area contributed by atoms with Gasteiger partial charge in [-0.3, -0.25) is 0 Å². The summed E-state index contributed by atoms with van der Waals surface area (Å²) >= 11 is 3.41. The first kappa shape index (κ1) is 11.9. The highest BCUT2D eigenvalue weighted by Gasteiger charge is 2.13. The summed E-state index contributed by atoms with van der Waals surface area (Å²) in [6.07, 6.45) is 0. The number of rotatable bonds is 2. The van der Waals surface area contributed by atoms with Gasteiger partial charge in [-0.05, 0) is 36.8 Å². The number of carboxylic acid groups (broad SMARTS) is 1. The van der Waals surface area contributed by atoms with Crippen LogP contribution in [0.1, 0.15) is 16.1 Å². The topological polar surface area (TPSA) is 42.2 Å². The first-order valence-corrected chi connectivity index (χ1v) is 5.95. The van der Waals surface area contributed by atoms with Crippen LogP contribution < -0.4 is 0 Å². The van der Waals surface area contributed by atoms with Crippen molar-refractivity contribution in [2.45, 2.75) is 6.92 Å². The van der Waals surface area contributed by atoms with Crippen LogP contribution in [0.5, 0.6) is 0 Å². The molecule has 1 heterocycles. The van der Waals surface area contributed by atoms with Crippen LogP contribution in [0.2, 0.25) is 0 Å². The molecule has 0 saturated heterocycles. The van der Waals surface area contributed by atoms with Gasteiger partial charge in [0.15, 0.2) is 0 Å². The summed E-state index contributed by atoms with van der Waals surface area (Å²) < 4.78 is 2.71. The van der Waals surface area contributed by atoms with Crippen LogP contribution in [0.3, 0.4) is 0 Å². The fraction of sp³-hybridized carbons (Fsp3) is 0.154. The number of halogens is 1. The van der Waals surface area contributed by atoms with Gasteiger partial charge in [0.2, 0.25) is 0 Å². The average Bonchev–Trinajstić information content (AvgIpc) is 2.60. The Morgan fingerprint density at radius 2 is 2.00 bits per heavy atom. The lowest BCUT2D eigenvalue weighted by molar-refractivity contribution is 0.0687. The normalized spacial score (nSPS) is 10.5. The fourth-order valence-corrected chi connectivity index (χ4v) is 2.39. The molecule has 3 nitrogen and oxygen atoms in total. The second-order valence-corrected chi connectivity index (χ2v) is 4.84. The van der Waals surface area contributed by atoms with Crippen LogP contribution in [0.4, 0.5) is 0 Å². The molecule has 4 heteroatoms. The van der Waals surface area contributed by atoms with Gasteiger partial charge in [-0.2, -0.15) is 0 Å². The van der Waals surface area contributed by atoms with E-state index in [-0.39, 0.29) is 0 Å². The van der Waals surface area contributed by atoms with E-state index in [0.717, 1.165) is 21.3 Å². The van der Waals surface area contributed by atoms with E-state index in [1.165, 1.54) is 0 Å². The molecule has 2 rings (SSSR count). The zero-order chi connectivity index (χ0) is 12.6. The van der Waals surface area contributed by atoms with Gasteiger partial charge in [0.05, 0.1) is 0 Å². The molecule has 0 saturated carbocycles. The molecular weight excluding hydrogens is 282 g/mol. The van der Waals surface area contributed by atoms with Crippen LogP contribution >= 0.6 is 15.9 Å². The minimum atomic E-state index is -0.909. The molecule has 1 N–H and O–H groups in total. The number of benzene rings is 1. The van der Waals surface area contributed by atoms with E-state index < -0.39 is 5.97 Å². The Morgan fingerprint density at radius 1 is 1.29 bits per heavy atom. The summed E-state index contributed by atoms with van der Waals surface area (Å²) in [4.78, 5) is 11.0. The van der Waals surface area contributed by atoms with E-state index in [0.29, 0.717) is 5.69 Å². The Bertz CT molecular complexity index is 587. The van der Waals surface area contributed by atoms with E-state index >= 15 is 0 Å². The van der Waals surface area contributed by atoms with Gasteiger partial charge in [0.1, 0.15) is 5.69 Å². The van der Waals surface area contributed by atoms with Gasteiger partial charge in [-0.15, -0.1) is 0 Å². The second-order valence-electron chi connectivity index (χ2n) is 3.93. The predicted molar refractivity (Wildman–Crippen MR) is 70.2 cm³/mol. The molecule has 1 aromatic heterocycles. The lowest BCUT2D eigenvalue weighted by atomic mass is 10.1. The van der Waals surface area contributed by atoms with Crippen LogP contribution in [-0.2, 0) is 7.05 Å². The number of nitrogens with zero attached hydrogens (tertiary/aromatic N) is 1. The second kappa shape index (κ2) is 4.37. The number of carbonyl (C=O) groups is 1. The van der Waals surface area contributed by atoms with Gasteiger partial charge in [-0.1, -0.05) is 22.0 Å². The molecular formula is C13H12BrNO2. The Morgan fingerprint density at radius 3 is 2.53 bits per heavy atom. The molecule has 88 valence electrons. The molecule has 0 radical (unpaired) electrons. The minimum Gasteiger partial charge on any atom is -0.477 e. The van der Waals surface area contributed by atoms with Crippen molar-refractivity contribution in [2.24, 2.45) is 7.05 Å². The summed E-state index contributed by atoms with van der Waals surface area (Å²) in [5.41, 5.74) is 3.36. The maximum Gasteiger partial charge on any atom is 0.352 e. The largest absolute Gasteiger partial charge is 0.477 e. The molecule has 1 aromatic carbocycles. The van der Waals surface area contributed by atoms with Crippen LogP contribution in [0.15, 0.2) is 34.8 Å². The third-order valence-corrected chi connectivity index (χ3v) is 3.30. The Balaban J connectivity index is 2.57. The Kier molecular flexibility index (Phi) is 3.07. The highest BCUT2D eigenvalue weighted by molar-refractivity contribution is 9.10. The lowest BCUT2D eigenvalue weighted by Gasteiger charge is -2.09. The molecule has 0 aliphatic carbocycles. The zero-order valence-electron chi connectivity index (χ0n) is 9.57. The van der Waals surface area contributed by atoms with Crippen molar-refractivity contribution >= 4 is 21.9 Å². The van der Waals surface area contributed by atoms with E-state index in [4.69, 9.17) is 5.11 Å². The van der Waals surface area contributed by atoms with E-state index in [1.54, 1.807) is 17.7 Å². The highest BCUT2D eigenvalue weighted by Crippen LogP contribution is 2.27. The third-order valence-electron chi connectivity index (χ3n) is 2.81. The summed E-state index contributed by atoms with van der Waals surface area (Å²) in [6.45, 7) is 2.01. The zero-order valence-corrected chi connectivity index (χ0v) is 11.2. The third kappa shape index (κ3) is 2.13. The van der Waals surface area contributed by atoms with Gasteiger partial charge < -0.3 is 9.67 Å². The number of aryl methyl sites for hydroxylation is 1. The minimum absolute atomic E-state index is 0.294. The number of hydrogen-bond acceptors (Lipinski definition) is 1. The predicted octanol–water partition coefficient (Wildman–Crippen LogP) is 3.46. The average molecular weight is 294 g/mol. The number of aromatic nitrogens is 1. The maximum atomic E-state index is 11.0. The van der Waals surface area contributed by atoms with Gasteiger partial charge in [0.25, 0.3) is 0 Å². The number of carboxylic acids is 1. The fourth-order valence-electron chi connectivity index (χ4n) is 1.91. The van der Waals surface area contributed by atoms with Gasteiger partial charge >= 0.3 is 5.97 Å². The van der Waals surface area contributed by atoms with Crippen molar-refractivity contribution in [3.8, 4) is 11.3 Å². The molecule has 0 unspecified atom stereocenters. The molecule has 0 spiro atoms. The van der Waals surface area contributed by atoms with E-state index in [1.807, 2.05) is 31.2 Å². The van der Waals surface area contributed by atoms with Crippen molar-refractivity contribution in [1.29, 1.82) is 0 Å². The monoisotopic (exact) mass is 293 g/mol. The van der Waals surface area contributed by atoms with Crippen molar-refractivity contribution in [3.63, 3.8) is 0 Å².